The van der Waals surface area contributed by atoms with Gasteiger partial charge in [-0.05, 0) is 82.5 Å². The summed E-state index contributed by atoms with van der Waals surface area (Å²) < 4.78 is 11.8. The molecule has 0 N–H and O–H groups in total. The molecule has 0 radical (unpaired) electrons. The Balaban J connectivity index is 0.00000204. The first kappa shape index (κ1) is 28.2. The molecule has 0 aliphatic carbocycles. The van der Waals surface area contributed by atoms with Gasteiger partial charge in [0.15, 0.2) is 0 Å². The van der Waals surface area contributed by atoms with Crippen molar-refractivity contribution in [2.75, 3.05) is 44.8 Å². The van der Waals surface area contributed by atoms with Gasteiger partial charge >= 0.3 is 5.97 Å². The number of hydrogen-bond acceptors (Lipinski definition) is 6. The minimum Gasteiger partial charge on any atom is -0.492 e. The normalized spacial score (nSPS) is 17.1. The molecule has 1 aromatic heterocycles. The Morgan fingerprint density at radius 2 is 1.71 bits per heavy atom. The number of rotatable bonds is 6. The predicted molar refractivity (Wildman–Crippen MR) is 141 cm³/mol. The molecule has 1 aromatic carbocycles. The quantitative estimate of drug-likeness (QED) is 0.523. The van der Waals surface area contributed by atoms with Crippen molar-refractivity contribution in [3.05, 3.63) is 52.8 Å². The topological polar surface area (TPSA) is 54.9 Å². The zero-order chi connectivity index (χ0) is 22.7. The number of hydrogen-bond donors (Lipinski definition) is 0. The lowest BCUT2D eigenvalue weighted by atomic mass is 9.79. The first-order valence-corrected chi connectivity index (χ1v) is 11.7. The van der Waals surface area contributed by atoms with E-state index in [1.54, 1.807) is 0 Å². The number of fused-ring (bicyclic) bond motifs is 1. The molecule has 0 unspecified atom stereocenters. The van der Waals surface area contributed by atoms with Crippen LogP contribution in [0.5, 0.6) is 5.75 Å². The molecule has 0 bridgehead atoms. The summed E-state index contributed by atoms with van der Waals surface area (Å²) in [6.45, 7) is 10.3. The summed E-state index contributed by atoms with van der Waals surface area (Å²) in [5.41, 5.74) is 5.31. The van der Waals surface area contributed by atoms with Crippen LogP contribution in [0.1, 0.15) is 42.3 Å². The SMILES string of the molecule is CCOC(=O)C1(COc2ccc3c(c2)CN(C)CC3)CCN(c2cc(C)nc(C)c2)CC1.Cl.Cl. The van der Waals surface area contributed by atoms with E-state index in [0.717, 1.165) is 49.7 Å². The number of aryl methyl sites for hydroxylation is 2. The monoisotopic (exact) mass is 509 g/mol. The summed E-state index contributed by atoms with van der Waals surface area (Å²) >= 11 is 0. The van der Waals surface area contributed by atoms with Crippen LogP contribution in [-0.4, -0.2) is 55.7 Å². The second kappa shape index (κ2) is 12.1. The van der Waals surface area contributed by atoms with Gasteiger partial charge in [0.05, 0.1) is 6.61 Å². The third-order valence-electron chi connectivity index (χ3n) is 6.76. The molecule has 0 amide bonds. The van der Waals surface area contributed by atoms with Gasteiger partial charge in [-0.3, -0.25) is 9.78 Å². The fraction of sp³-hybridized carbons (Fsp3) is 0.538. The first-order chi connectivity index (χ1) is 15.4. The zero-order valence-electron chi connectivity index (χ0n) is 20.6. The minimum atomic E-state index is -0.615. The fourth-order valence-electron chi connectivity index (χ4n) is 4.87. The molecule has 0 saturated carbocycles. The van der Waals surface area contributed by atoms with E-state index in [-0.39, 0.29) is 30.8 Å². The van der Waals surface area contributed by atoms with Crippen molar-refractivity contribution in [1.29, 1.82) is 0 Å². The second-order valence-electron chi connectivity index (χ2n) is 9.30. The molecule has 4 rings (SSSR count). The summed E-state index contributed by atoms with van der Waals surface area (Å²) in [6, 6.07) is 10.6. The van der Waals surface area contributed by atoms with Gasteiger partial charge in [-0.25, -0.2) is 0 Å². The van der Waals surface area contributed by atoms with Gasteiger partial charge in [0, 0.05) is 43.3 Å². The van der Waals surface area contributed by atoms with Crippen molar-refractivity contribution in [3.8, 4) is 5.75 Å². The molecule has 0 atom stereocenters. The molecule has 0 spiro atoms. The summed E-state index contributed by atoms with van der Waals surface area (Å²) in [4.78, 5) is 22.2. The molecule has 34 heavy (non-hydrogen) atoms. The molecule has 3 heterocycles. The molecule has 188 valence electrons. The summed E-state index contributed by atoms with van der Waals surface area (Å²) in [5, 5.41) is 0. The molecule has 2 aliphatic rings. The Hall–Kier alpha value is -2.02. The van der Waals surface area contributed by atoms with E-state index in [9.17, 15) is 4.79 Å². The van der Waals surface area contributed by atoms with Crippen LogP contribution in [0.15, 0.2) is 30.3 Å². The van der Waals surface area contributed by atoms with Crippen LogP contribution in [0, 0.1) is 19.3 Å². The van der Waals surface area contributed by atoms with Crippen LogP contribution in [0.2, 0.25) is 0 Å². The number of likely N-dealkylation sites (N-methyl/N-ethyl adjacent to an activating group) is 1. The van der Waals surface area contributed by atoms with E-state index in [1.807, 2.05) is 26.8 Å². The lowest BCUT2D eigenvalue weighted by Gasteiger charge is -2.40. The van der Waals surface area contributed by atoms with E-state index >= 15 is 0 Å². The highest BCUT2D eigenvalue weighted by molar-refractivity contribution is 5.85. The number of piperidine rings is 1. The highest BCUT2D eigenvalue weighted by Gasteiger charge is 2.44. The predicted octanol–water partition coefficient (Wildman–Crippen LogP) is 4.76. The third-order valence-corrected chi connectivity index (χ3v) is 6.76. The van der Waals surface area contributed by atoms with E-state index in [2.05, 4.69) is 46.1 Å². The number of esters is 1. The van der Waals surface area contributed by atoms with Crippen LogP contribution in [-0.2, 0) is 22.5 Å². The van der Waals surface area contributed by atoms with E-state index in [4.69, 9.17) is 9.47 Å². The average Bonchev–Trinajstić information content (AvgIpc) is 2.77. The number of carbonyl (C=O) groups is 1. The maximum absolute atomic E-state index is 13.0. The number of halogens is 2. The van der Waals surface area contributed by atoms with Crippen molar-refractivity contribution < 1.29 is 14.3 Å². The van der Waals surface area contributed by atoms with Gasteiger partial charge in [-0.15, -0.1) is 24.8 Å². The van der Waals surface area contributed by atoms with Crippen LogP contribution in [0.25, 0.3) is 0 Å². The lowest BCUT2D eigenvalue weighted by Crippen LogP contribution is -2.48. The second-order valence-corrected chi connectivity index (χ2v) is 9.30. The summed E-state index contributed by atoms with van der Waals surface area (Å²) in [5.74, 6) is 0.699. The number of aromatic nitrogens is 1. The molecular formula is C26H37Cl2N3O3. The van der Waals surface area contributed by atoms with Gasteiger partial charge < -0.3 is 19.3 Å². The molecule has 6 nitrogen and oxygen atoms in total. The number of ether oxygens (including phenoxy) is 2. The van der Waals surface area contributed by atoms with Crippen LogP contribution in [0.3, 0.4) is 0 Å². The largest absolute Gasteiger partial charge is 0.492 e. The third kappa shape index (κ3) is 6.35. The molecule has 8 heteroatoms. The minimum absolute atomic E-state index is 0. The van der Waals surface area contributed by atoms with Crippen LogP contribution in [0.4, 0.5) is 5.69 Å². The Morgan fingerprint density at radius 1 is 1.03 bits per heavy atom. The Morgan fingerprint density at radius 3 is 2.35 bits per heavy atom. The molecule has 1 fully saturated rings. The number of nitrogens with zero attached hydrogens (tertiary/aromatic N) is 3. The Labute approximate surface area is 215 Å². The van der Waals surface area contributed by atoms with Crippen LogP contribution >= 0.6 is 24.8 Å². The number of pyridine rings is 1. The molecule has 2 aromatic rings. The van der Waals surface area contributed by atoms with Gasteiger partial charge in [-0.1, -0.05) is 6.07 Å². The summed E-state index contributed by atoms with van der Waals surface area (Å²) in [7, 11) is 2.14. The van der Waals surface area contributed by atoms with Gasteiger partial charge in [0.25, 0.3) is 0 Å². The lowest BCUT2D eigenvalue weighted by molar-refractivity contribution is -0.159. The average molecular weight is 511 g/mol. The standard InChI is InChI=1S/C26H35N3O3.2ClH/c1-5-31-25(30)26(9-12-29(13-10-26)23-14-19(2)27-20(3)15-23)18-32-24-7-6-21-8-11-28(4)17-22(21)16-24;;/h6-7,14-16H,5,8-13,17-18H2,1-4H3;2*1H. The zero-order valence-corrected chi connectivity index (χ0v) is 22.3. The molecule has 2 aliphatic heterocycles. The van der Waals surface area contributed by atoms with Crippen molar-refractivity contribution in [3.63, 3.8) is 0 Å². The van der Waals surface area contributed by atoms with Crippen molar-refractivity contribution in [2.24, 2.45) is 5.41 Å². The van der Waals surface area contributed by atoms with Gasteiger partial charge in [0.2, 0.25) is 0 Å². The maximum atomic E-state index is 13.0. The molecular weight excluding hydrogens is 473 g/mol. The number of carbonyl (C=O) groups excluding carboxylic acids is 1. The van der Waals surface area contributed by atoms with Crippen LogP contribution < -0.4 is 9.64 Å². The van der Waals surface area contributed by atoms with E-state index in [0.29, 0.717) is 26.1 Å². The first-order valence-electron chi connectivity index (χ1n) is 11.7. The van der Waals surface area contributed by atoms with Gasteiger partial charge in [-0.2, -0.15) is 0 Å². The van der Waals surface area contributed by atoms with E-state index in [1.165, 1.54) is 16.8 Å². The van der Waals surface area contributed by atoms with Gasteiger partial charge in [0.1, 0.15) is 17.8 Å². The highest BCUT2D eigenvalue weighted by atomic mass is 35.5. The fourth-order valence-corrected chi connectivity index (χ4v) is 4.87. The Kier molecular flexibility index (Phi) is 10.0. The smallest absolute Gasteiger partial charge is 0.315 e. The van der Waals surface area contributed by atoms with E-state index < -0.39 is 5.41 Å². The van der Waals surface area contributed by atoms with Crippen molar-refractivity contribution in [2.45, 2.75) is 46.6 Å². The van der Waals surface area contributed by atoms with Crippen molar-refractivity contribution in [1.82, 2.24) is 9.88 Å². The highest BCUT2D eigenvalue weighted by Crippen LogP contribution is 2.36. The maximum Gasteiger partial charge on any atom is 0.315 e. The Bertz CT molecular complexity index is 958. The number of benzene rings is 1. The molecule has 1 saturated heterocycles. The number of anilines is 1. The van der Waals surface area contributed by atoms with Crippen molar-refractivity contribution >= 4 is 36.5 Å². The summed E-state index contributed by atoms with van der Waals surface area (Å²) in [6.07, 6.45) is 2.49.